The van der Waals surface area contributed by atoms with Gasteiger partial charge in [-0.1, -0.05) is 18.2 Å². The van der Waals surface area contributed by atoms with Gasteiger partial charge in [0.25, 0.3) is 0 Å². The molecule has 0 bridgehead atoms. The molecule has 0 aliphatic rings. The molecule has 0 heterocycles. The maximum atomic E-state index is 13.1. The Labute approximate surface area is 78.5 Å². The van der Waals surface area contributed by atoms with E-state index in [1.807, 2.05) is 19.9 Å². The molecule has 2 heteroatoms. The summed E-state index contributed by atoms with van der Waals surface area (Å²) in [5.74, 6) is -0.144. The lowest BCUT2D eigenvalue weighted by Crippen LogP contribution is -2.12. The van der Waals surface area contributed by atoms with Gasteiger partial charge in [-0.15, -0.1) is 0 Å². The van der Waals surface area contributed by atoms with Crippen molar-refractivity contribution < 1.29 is 9.13 Å². The Bertz CT molecular complexity index is 260. The maximum Gasteiger partial charge on any atom is 0.126 e. The predicted octanol–water partition coefficient (Wildman–Crippen LogP) is 2.79. The van der Waals surface area contributed by atoms with Crippen molar-refractivity contribution in [2.75, 3.05) is 6.61 Å². The minimum Gasteiger partial charge on any atom is -0.378 e. The van der Waals surface area contributed by atoms with E-state index in [1.54, 1.807) is 12.1 Å². The van der Waals surface area contributed by atoms with Gasteiger partial charge < -0.3 is 4.74 Å². The molecule has 0 saturated carbocycles. The van der Waals surface area contributed by atoms with Gasteiger partial charge in [0.05, 0.1) is 6.10 Å². The van der Waals surface area contributed by atoms with Crippen LogP contribution in [0.1, 0.15) is 19.4 Å². The second-order valence-electron chi connectivity index (χ2n) is 3.06. The van der Waals surface area contributed by atoms with Gasteiger partial charge in [0.1, 0.15) is 5.82 Å². The summed E-state index contributed by atoms with van der Waals surface area (Å²) in [6.45, 7) is 4.57. The van der Waals surface area contributed by atoms with Gasteiger partial charge in [-0.2, -0.15) is 0 Å². The fourth-order valence-corrected chi connectivity index (χ4v) is 1.32. The molecule has 0 radical (unpaired) electrons. The molecular weight excluding hydrogens is 167 g/mol. The first-order chi connectivity index (χ1) is 6.24. The third-order valence-corrected chi connectivity index (χ3v) is 1.92. The lowest BCUT2D eigenvalue weighted by molar-refractivity contribution is 0.0762. The molecule has 1 aromatic carbocycles. The van der Waals surface area contributed by atoms with E-state index >= 15 is 0 Å². The molecule has 0 spiro atoms. The van der Waals surface area contributed by atoms with Gasteiger partial charge in [-0.25, -0.2) is 4.39 Å². The molecule has 1 rings (SSSR count). The molecule has 1 aromatic rings. The van der Waals surface area contributed by atoms with Gasteiger partial charge in [0.2, 0.25) is 0 Å². The fourth-order valence-electron chi connectivity index (χ4n) is 1.32. The quantitative estimate of drug-likeness (QED) is 0.695. The highest BCUT2D eigenvalue weighted by molar-refractivity contribution is 5.17. The molecule has 0 saturated heterocycles. The van der Waals surface area contributed by atoms with Crippen molar-refractivity contribution in [2.45, 2.75) is 26.4 Å². The van der Waals surface area contributed by atoms with Gasteiger partial charge in [0.15, 0.2) is 0 Å². The summed E-state index contributed by atoms with van der Waals surface area (Å²) in [6.07, 6.45) is 0.724. The van der Waals surface area contributed by atoms with Crippen LogP contribution in [0.15, 0.2) is 24.3 Å². The Hall–Kier alpha value is -0.890. The number of ether oxygens (including phenoxy) is 1. The van der Waals surface area contributed by atoms with E-state index in [2.05, 4.69) is 0 Å². The normalized spacial score (nSPS) is 12.8. The molecule has 0 aliphatic carbocycles. The zero-order valence-corrected chi connectivity index (χ0v) is 8.09. The molecule has 0 N–H and O–H groups in total. The Morgan fingerprint density at radius 1 is 1.38 bits per heavy atom. The van der Waals surface area contributed by atoms with E-state index < -0.39 is 0 Å². The van der Waals surface area contributed by atoms with E-state index in [0.29, 0.717) is 13.0 Å². The highest BCUT2D eigenvalue weighted by atomic mass is 19.1. The third kappa shape index (κ3) is 3.15. The van der Waals surface area contributed by atoms with Crippen LogP contribution in [0.3, 0.4) is 0 Å². The lowest BCUT2D eigenvalue weighted by Gasteiger charge is -2.11. The summed E-state index contributed by atoms with van der Waals surface area (Å²) >= 11 is 0. The van der Waals surface area contributed by atoms with Crippen LogP contribution in [0.2, 0.25) is 0 Å². The number of rotatable bonds is 4. The van der Waals surface area contributed by atoms with Crippen LogP contribution in [0, 0.1) is 5.82 Å². The lowest BCUT2D eigenvalue weighted by atomic mass is 10.1. The monoisotopic (exact) mass is 182 g/mol. The van der Waals surface area contributed by atoms with Crippen molar-refractivity contribution in [3.8, 4) is 0 Å². The molecule has 0 aliphatic heterocycles. The fraction of sp³-hybridized carbons (Fsp3) is 0.455. The summed E-state index contributed by atoms with van der Waals surface area (Å²) in [7, 11) is 0. The summed E-state index contributed by atoms with van der Waals surface area (Å²) in [4.78, 5) is 0. The number of hydrogen-bond acceptors (Lipinski definition) is 1. The Kier molecular flexibility index (Phi) is 3.90. The van der Waals surface area contributed by atoms with E-state index in [1.165, 1.54) is 6.07 Å². The Morgan fingerprint density at radius 2 is 2.08 bits per heavy atom. The van der Waals surface area contributed by atoms with Gasteiger partial charge >= 0.3 is 0 Å². The van der Waals surface area contributed by atoms with Crippen LogP contribution < -0.4 is 0 Å². The van der Waals surface area contributed by atoms with Crippen LogP contribution in [-0.4, -0.2) is 12.7 Å². The average Bonchev–Trinajstić information content (AvgIpc) is 2.09. The summed E-state index contributed by atoms with van der Waals surface area (Å²) in [6, 6.07) is 6.82. The van der Waals surface area contributed by atoms with Gasteiger partial charge in [0, 0.05) is 13.0 Å². The van der Waals surface area contributed by atoms with Crippen molar-refractivity contribution in [1.29, 1.82) is 0 Å². The van der Waals surface area contributed by atoms with Crippen LogP contribution in [0.5, 0.6) is 0 Å². The van der Waals surface area contributed by atoms with Crippen molar-refractivity contribution in [3.63, 3.8) is 0 Å². The molecule has 1 unspecified atom stereocenters. The largest absolute Gasteiger partial charge is 0.378 e. The van der Waals surface area contributed by atoms with Crippen molar-refractivity contribution in [2.24, 2.45) is 0 Å². The van der Waals surface area contributed by atoms with Crippen molar-refractivity contribution in [1.82, 2.24) is 0 Å². The molecule has 1 nitrogen and oxygen atoms in total. The minimum atomic E-state index is -0.144. The minimum absolute atomic E-state index is 0.0851. The summed E-state index contributed by atoms with van der Waals surface area (Å²) in [5.41, 5.74) is 0.725. The first-order valence-electron chi connectivity index (χ1n) is 4.59. The molecular formula is C11H15FO. The second-order valence-corrected chi connectivity index (χ2v) is 3.06. The third-order valence-electron chi connectivity index (χ3n) is 1.92. The molecule has 0 amide bonds. The topological polar surface area (TPSA) is 9.23 Å². The zero-order chi connectivity index (χ0) is 9.68. The average molecular weight is 182 g/mol. The number of benzene rings is 1. The number of hydrogen-bond donors (Lipinski definition) is 0. The van der Waals surface area contributed by atoms with Crippen molar-refractivity contribution in [3.05, 3.63) is 35.6 Å². The van der Waals surface area contributed by atoms with E-state index in [9.17, 15) is 4.39 Å². The van der Waals surface area contributed by atoms with Crippen LogP contribution >= 0.6 is 0 Å². The van der Waals surface area contributed by atoms with Crippen LogP contribution in [0.25, 0.3) is 0 Å². The van der Waals surface area contributed by atoms with Crippen LogP contribution in [0.4, 0.5) is 4.39 Å². The maximum absolute atomic E-state index is 13.1. The van der Waals surface area contributed by atoms with Crippen LogP contribution in [-0.2, 0) is 11.2 Å². The first-order valence-corrected chi connectivity index (χ1v) is 4.59. The second kappa shape index (κ2) is 4.97. The van der Waals surface area contributed by atoms with Gasteiger partial charge in [-0.3, -0.25) is 0 Å². The molecule has 13 heavy (non-hydrogen) atoms. The Balaban J connectivity index is 2.58. The predicted molar refractivity (Wildman–Crippen MR) is 51.2 cm³/mol. The smallest absolute Gasteiger partial charge is 0.126 e. The molecule has 72 valence electrons. The van der Waals surface area contributed by atoms with Crippen molar-refractivity contribution >= 4 is 0 Å². The highest BCUT2D eigenvalue weighted by Gasteiger charge is 2.06. The van der Waals surface area contributed by atoms with E-state index in [4.69, 9.17) is 4.74 Å². The first kappa shape index (κ1) is 10.2. The SMILES string of the molecule is CCOC(C)Cc1ccccc1F. The van der Waals surface area contributed by atoms with Gasteiger partial charge in [-0.05, 0) is 25.5 Å². The zero-order valence-electron chi connectivity index (χ0n) is 8.09. The van der Waals surface area contributed by atoms with E-state index in [-0.39, 0.29) is 11.9 Å². The Morgan fingerprint density at radius 3 is 2.69 bits per heavy atom. The standard InChI is InChI=1S/C11H15FO/c1-3-13-9(2)8-10-6-4-5-7-11(10)12/h4-7,9H,3,8H2,1-2H3. The molecule has 0 fully saturated rings. The van der Waals surface area contributed by atoms with E-state index in [0.717, 1.165) is 5.56 Å². The number of halogens is 1. The highest BCUT2D eigenvalue weighted by Crippen LogP contribution is 2.10. The molecule has 0 aromatic heterocycles. The summed E-state index contributed by atoms with van der Waals surface area (Å²) < 4.78 is 18.5. The summed E-state index contributed by atoms with van der Waals surface area (Å²) in [5, 5.41) is 0. The molecule has 1 atom stereocenters.